The first kappa shape index (κ1) is 15.3. The summed E-state index contributed by atoms with van der Waals surface area (Å²) < 4.78 is 5.85. The second-order valence-corrected chi connectivity index (χ2v) is 6.91. The molecule has 0 aliphatic carbocycles. The Labute approximate surface area is 99.5 Å². The maximum atomic E-state index is 5.46. The first-order valence-electron chi connectivity index (χ1n) is 5.88. The van der Waals surface area contributed by atoms with E-state index in [1.807, 2.05) is 11.8 Å². The molecule has 0 saturated heterocycles. The fraction of sp³-hybridized carbons (Fsp3) is 1.00. The van der Waals surface area contributed by atoms with Gasteiger partial charge in [0.05, 0.1) is 6.10 Å². The van der Waals surface area contributed by atoms with Crippen molar-refractivity contribution in [3.8, 4) is 0 Å². The van der Waals surface area contributed by atoms with Gasteiger partial charge >= 0.3 is 0 Å². The minimum absolute atomic E-state index is 0.362. The second kappa shape index (κ2) is 8.43. The zero-order valence-corrected chi connectivity index (χ0v) is 11.7. The Morgan fingerprint density at radius 1 is 1.20 bits per heavy atom. The summed E-state index contributed by atoms with van der Waals surface area (Å²) in [6.45, 7) is 14.0. The molecule has 15 heavy (non-hydrogen) atoms. The lowest BCUT2D eigenvalue weighted by molar-refractivity contribution is 0.0772. The van der Waals surface area contributed by atoms with Gasteiger partial charge in [-0.05, 0) is 26.8 Å². The van der Waals surface area contributed by atoms with Gasteiger partial charge in [-0.15, -0.1) is 0 Å². The van der Waals surface area contributed by atoms with Crippen molar-refractivity contribution in [1.82, 2.24) is 5.32 Å². The van der Waals surface area contributed by atoms with Gasteiger partial charge in [-0.25, -0.2) is 0 Å². The number of thioether (sulfide) groups is 1. The predicted octanol–water partition coefficient (Wildman–Crippen LogP) is 2.92. The molecule has 0 radical (unpaired) electrons. The monoisotopic (exact) mass is 233 g/mol. The van der Waals surface area contributed by atoms with Gasteiger partial charge in [0.25, 0.3) is 0 Å². The highest BCUT2D eigenvalue weighted by Gasteiger charge is 2.08. The molecule has 0 bridgehead atoms. The Kier molecular flexibility index (Phi) is 8.58. The number of ether oxygens (including phenoxy) is 1. The largest absolute Gasteiger partial charge is 0.379 e. The lowest BCUT2D eigenvalue weighted by Crippen LogP contribution is -2.22. The molecule has 0 aromatic rings. The Bertz CT molecular complexity index is 143. The van der Waals surface area contributed by atoms with Crippen molar-refractivity contribution in [2.24, 2.45) is 0 Å². The minimum Gasteiger partial charge on any atom is -0.379 e. The highest BCUT2D eigenvalue weighted by atomic mass is 32.2. The third-order valence-electron chi connectivity index (χ3n) is 1.76. The van der Waals surface area contributed by atoms with E-state index in [9.17, 15) is 0 Å². The first-order chi connectivity index (χ1) is 6.92. The topological polar surface area (TPSA) is 21.3 Å². The van der Waals surface area contributed by atoms with Gasteiger partial charge in [0.15, 0.2) is 0 Å². The highest BCUT2D eigenvalue weighted by Crippen LogP contribution is 2.21. The van der Waals surface area contributed by atoms with E-state index in [1.54, 1.807) is 0 Å². The van der Waals surface area contributed by atoms with Crippen LogP contribution in [0.2, 0.25) is 0 Å². The molecule has 0 atom stereocenters. The van der Waals surface area contributed by atoms with E-state index in [0.717, 1.165) is 26.1 Å². The van der Waals surface area contributed by atoms with Crippen molar-refractivity contribution in [2.75, 3.05) is 25.4 Å². The van der Waals surface area contributed by atoms with Gasteiger partial charge in [-0.1, -0.05) is 20.8 Å². The van der Waals surface area contributed by atoms with E-state index in [2.05, 4.69) is 39.9 Å². The number of hydrogen-bond acceptors (Lipinski definition) is 3. The Hall–Kier alpha value is 0.270. The summed E-state index contributed by atoms with van der Waals surface area (Å²) in [5.41, 5.74) is 0. The van der Waals surface area contributed by atoms with Crippen molar-refractivity contribution < 1.29 is 4.74 Å². The molecule has 0 saturated carbocycles. The fourth-order valence-electron chi connectivity index (χ4n) is 1.07. The zero-order valence-electron chi connectivity index (χ0n) is 10.9. The van der Waals surface area contributed by atoms with E-state index < -0.39 is 0 Å². The molecule has 0 aromatic heterocycles. The molecule has 0 fully saturated rings. The van der Waals surface area contributed by atoms with Gasteiger partial charge in [0, 0.05) is 23.7 Å². The van der Waals surface area contributed by atoms with Crippen molar-refractivity contribution in [3.63, 3.8) is 0 Å². The van der Waals surface area contributed by atoms with E-state index in [0.29, 0.717) is 10.9 Å². The average Bonchev–Trinajstić information content (AvgIpc) is 2.07. The number of rotatable bonds is 8. The minimum atomic E-state index is 0.362. The standard InChI is InChI=1S/C12H27NOS/c1-11(2)14-9-6-7-13-8-10-15-12(3,4)5/h11,13H,6-10H2,1-5H3. The van der Waals surface area contributed by atoms with Gasteiger partial charge < -0.3 is 10.1 Å². The molecule has 3 heteroatoms. The highest BCUT2D eigenvalue weighted by molar-refractivity contribution is 8.00. The van der Waals surface area contributed by atoms with Crippen LogP contribution in [0.5, 0.6) is 0 Å². The zero-order chi connectivity index (χ0) is 11.7. The summed E-state index contributed by atoms with van der Waals surface area (Å²) >= 11 is 2.01. The van der Waals surface area contributed by atoms with E-state index in [4.69, 9.17) is 4.74 Å². The maximum absolute atomic E-state index is 5.46. The van der Waals surface area contributed by atoms with Gasteiger partial charge in [-0.3, -0.25) is 0 Å². The molecule has 2 nitrogen and oxygen atoms in total. The fourth-order valence-corrected chi connectivity index (χ4v) is 1.93. The molecule has 0 aromatic carbocycles. The predicted molar refractivity (Wildman–Crippen MR) is 70.8 cm³/mol. The molecule has 0 rings (SSSR count). The number of hydrogen-bond donors (Lipinski definition) is 1. The summed E-state index contributed by atoms with van der Waals surface area (Å²) in [6.07, 6.45) is 1.47. The maximum Gasteiger partial charge on any atom is 0.0518 e. The first-order valence-corrected chi connectivity index (χ1v) is 6.86. The molecule has 0 aliphatic rings. The molecular weight excluding hydrogens is 206 g/mol. The van der Waals surface area contributed by atoms with E-state index in [-0.39, 0.29) is 0 Å². The van der Waals surface area contributed by atoms with Crippen LogP contribution in [-0.4, -0.2) is 36.3 Å². The summed E-state index contributed by atoms with van der Waals surface area (Å²) in [5.74, 6) is 1.19. The van der Waals surface area contributed by atoms with Crippen molar-refractivity contribution in [2.45, 2.75) is 51.9 Å². The van der Waals surface area contributed by atoms with Crippen LogP contribution in [-0.2, 0) is 4.74 Å². The van der Waals surface area contributed by atoms with E-state index in [1.165, 1.54) is 5.75 Å². The molecule has 0 heterocycles. The van der Waals surface area contributed by atoms with Crippen LogP contribution in [0.3, 0.4) is 0 Å². The van der Waals surface area contributed by atoms with Crippen molar-refractivity contribution in [1.29, 1.82) is 0 Å². The van der Waals surface area contributed by atoms with Crippen LogP contribution >= 0.6 is 11.8 Å². The van der Waals surface area contributed by atoms with Gasteiger partial charge in [0.2, 0.25) is 0 Å². The Morgan fingerprint density at radius 3 is 2.40 bits per heavy atom. The smallest absolute Gasteiger partial charge is 0.0518 e. The van der Waals surface area contributed by atoms with Crippen molar-refractivity contribution >= 4 is 11.8 Å². The van der Waals surface area contributed by atoms with Crippen molar-refractivity contribution in [3.05, 3.63) is 0 Å². The van der Waals surface area contributed by atoms with Crippen LogP contribution in [0, 0.1) is 0 Å². The normalized spacial score (nSPS) is 12.4. The molecular formula is C12H27NOS. The third kappa shape index (κ3) is 14.3. The second-order valence-electron chi connectivity index (χ2n) is 4.98. The SMILES string of the molecule is CC(C)OCCCNCCSC(C)(C)C. The molecule has 0 aliphatic heterocycles. The van der Waals surface area contributed by atoms with Crippen LogP contribution in [0.15, 0.2) is 0 Å². The van der Waals surface area contributed by atoms with Crippen LogP contribution in [0.25, 0.3) is 0 Å². The summed E-state index contributed by atoms with van der Waals surface area (Å²) in [7, 11) is 0. The van der Waals surface area contributed by atoms with Gasteiger partial charge in [0.1, 0.15) is 0 Å². The lowest BCUT2D eigenvalue weighted by atomic mass is 10.3. The number of nitrogens with one attached hydrogen (secondary N) is 1. The molecule has 0 unspecified atom stereocenters. The molecule has 92 valence electrons. The Morgan fingerprint density at radius 2 is 1.87 bits per heavy atom. The third-order valence-corrected chi connectivity index (χ3v) is 3.04. The average molecular weight is 233 g/mol. The summed E-state index contributed by atoms with van der Waals surface area (Å²) in [4.78, 5) is 0. The summed E-state index contributed by atoms with van der Waals surface area (Å²) in [6, 6.07) is 0. The summed E-state index contributed by atoms with van der Waals surface area (Å²) in [5, 5.41) is 3.43. The molecule has 0 amide bonds. The molecule has 0 spiro atoms. The van der Waals surface area contributed by atoms with Crippen LogP contribution in [0.4, 0.5) is 0 Å². The Balaban J connectivity index is 3.06. The van der Waals surface area contributed by atoms with Crippen LogP contribution in [0.1, 0.15) is 41.0 Å². The van der Waals surface area contributed by atoms with E-state index >= 15 is 0 Å². The molecule has 1 N–H and O–H groups in total. The lowest BCUT2D eigenvalue weighted by Gasteiger charge is -2.17. The van der Waals surface area contributed by atoms with Gasteiger partial charge in [-0.2, -0.15) is 11.8 Å². The quantitative estimate of drug-likeness (QED) is 0.651. The van der Waals surface area contributed by atoms with Crippen LogP contribution < -0.4 is 5.32 Å².